The van der Waals surface area contributed by atoms with Gasteiger partial charge in [0.15, 0.2) is 0 Å². The summed E-state index contributed by atoms with van der Waals surface area (Å²) in [4.78, 5) is 0. The first-order chi connectivity index (χ1) is 8.02. The van der Waals surface area contributed by atoms with Crippen LogP contribution >= 0.6 is 0 Å². The number of rotatable bonds is 5. The van der Waals surface area contributed by atoms with Crippen LogP contribution in [0.15, 0.2) is 0 Å². The van der Waals surface area contributed by atoms with Crippen LogP contribution in [0.2, 0.25) is 0 Å². The van der Waals surface area contributed by atoms with E-state index in [4.69, 9.17) is 6.42 Å². The van der Waals surface area contributed by atoms with Crippen LogP contribution in [0.25, 0.3) is 0 Å². The van der Waals surface area contributed by atoms with Crippen molar-refractivity contribution >= 4 is 10.2 Å². The Balaban J connectivity index is 2.74. The van der Waals surface area contributed by atoms with E-state index in [1.807, 2.05) is 6.92 Å². The van der Waals surface area contributed by atoms with Gasteiger partial charge in [0, 0.05) is 19.6 Å². The lowest BCUT2D eigenvalue weighted by atomic mass is 10.0. The molecule has 0 amide bonds. The molecule has 0 aromatic rings. The van der Waals surface area contributed by atoms with Crippen LogP contribution < -0.4 is 0 Å². The van der Waals surface area contributed by atoms with Gasteiger partial charge in [0.25, 0.3) is 10.2 Å². The molecule has 98 valence electrons. The van der Waals surface area contributed by atoms with Gasteiger partial charge in [-0.1, -0.05) is 19.8 Å². The zero-order valence-electron chi connectivity index (χ0n) is 10.7. The van der Waals surface area contributed by atoms with Gasteiger partial charge in [-0.15, -0.1) is 6.42 Å². The van der Waals surface area contributed by atoms with Crippen molar-refractivity contribution in [1.82, 2.24) is 8.61 Å². The Morgan fingerprint density at radius 3 is 2.47 bits per heavy atom. The van der Waals surface area contributed by atoms with E-state index in [9.17, 15) is 8.42 Å². The number of hydrogen-bond donors (Lipinski definition) is 0. The van der Waals surface area contributed by atoms with Gasteiger partial charge in [-0.2, -0.15) is 17.0 Å². The average molecular weight is 258 g/mol. The average Bonchev–Trinajstić information content (AvgIpc) is 2.29. The predicted octanol–water partition coefficient (Wildman–Crippen LogP) is 1.31. The highest BCUT2D eigenvalue weighted by molar-refractivity contribution is 7.86. The molecule has 1 fully saturated rings. The van der Waals surface area contributed by atoms with Gasteiger partial charge in [0.2, 0.25) is 0 Å². The zero-order valence-corrected chi connectivity index (χ0v) is 11.5. The minimum absolute atomic E-state index is 0.169. The van der Waals surface area contributed by atoms with Crippen molar-refractivity contribution in [3.8, 4) is 12.3 Å². The van der Waals surface area contributed by atoms with Crippen molar-refractivity contribution in [2.75, 3.05) is 26.2 Å². The van der Waals surface area contributed by atoms with Gasteiger partial charge in [-0.3, -0.25) is 0 Å². The molecule has 1 aliphatic rings. The highest BCUT2D eigenvalue weighted by Crippen LogP contribution is 2.20. The van der Waals surface area contributed by atoms with Crippen LogP contribution in [-0.2, 0) is 10.2 Å². The summed E-state index contributed by atoms with van der Waals surface area (Å²) in [6.45, 7) is 6.02. The topological polar surface area (TPSA) is 40.6 Å². The second-order valence-electron chi connectivity index (χ2n) is 4.63. The quantitative estimate of drug-likeness (QED) is 0.698. The summed E-state index contributed by atoms with van der Waals surface area (Å²) < 4.78 is 27.6. The summed E-state index contributed by atoms with van der Waals surface area (Å²) >= 11 is 0. The van der Waals surface area contributed by atoms with Gasteiger partial charge in [0.05, 0.1) is 6.54 Å². The lowest BCUT2D eigenvalue weighted by Gasteiger charge is -2.33. The van der Waals surface area contributed by atoms with Gasteiger partial charge >= 0.3 is 0 Å². The van der Waals surface area contributed by atoms with E-state index in [-0.39, 0.29) is 6.54 Å². The lowest BCUT2D eigenvalue weighted by Crippen LogP contribution is -2.47. The Morgan fingerprint density at radius 2 is 2.00 bits per heavy atom. The molecule has 17 heavy (non-hydrogen) atoms. The molecule has 5 heteroatoms. The summed E-state index contributed by atoms with van der Waals surface area (Å²) in [6.07, 6.45) is 7.90. The van der Waals surface area contributed by atoms with Crippen molar-refractivity contribution in [2.45, 2.75) is 33.1 Å². The maximum atomic E-state index is 12.3. The van der Waals surface area contributed by atoms with Crippen molar-refractivity contribution in [1.29, 1.82) is 0 Å². The fraction of sp³-hybridized carbons (Fsp3) is 0.833. The maximum Gasteiger partial charge on any atom is 0.282 e. The lowest BCUT2D eigenvalue weighted by molar-refractivity contribution is 0.267. The van der Waals surface area contributed by atoms with Gasteiger partial charge in [-0.05, 0) is 25.2 Å². The van der Waals surface area contributed by atoms with Gasteiger partial charge < -0.3 is 0 Å². The minimum atomic E-state index is -3.35. The molecule has 0 radical (unpaired) electrons. The molecule has 0 bridgehead atoms. The SMILES string of the molecule is C#CCN(CCC)S(=O)(=O)N1CCC(C)CC1. The first-order valence-electron chi connectivity index (χ1n) is 6.21. The molecule has 0 spiro atoms. The molecule has 0 N–H and O–H groups in total. The standard InChI is InChI=1S/C12H22N2O2S/c1-4-8-13(9-5-2)17(15,16)14-10-6-12(3)7-11-14/h1,12H,5-11H2,2-3H3. The molecule has 1 saturated heterocycles. The van der Waals surface area contributed by atoms with Crippen molar-refractivity contribution in [3.63, 3.8) is 0 Å². The van der Waals surface area contributed by atoms with Crippen LogP contribution in [0.4, 0.5) is 0 Å². The van der Waals surface area contributed by atoms with Gasteiger partial charge in [-0.25, -0.2) is 0 Å². The Bertz CT molecular complexity index is 364. The van der Waals surface area contributed by atoms with E-state index < -0.39 is 10.2 Å². The highest BCUT2D eigenvalue weighted by Gasteiger charge is 2.30. The molecule has 0 saturated carbocycles. The minimum Gasteiger partial charge on any atom is -0.195 e. The molecule has 4 nitrogen and oxygen atoms in total. The second-order valence-corrected chi connectivity index (χ2v) is 6.56. The molecular weight excluding hydrogens is 236 g/mol. The molecule has 0 unspecified atom stereocenters. The van der Waals surface area contributed by atoms with Crippen LogP contribution in [0, 0.1) is 18.3 Å². The summed E-state index contributed by atoms with van der Waals surface area (Å²) in [7, 11) is -3.35. The Morgan fingerprint density at radius 1 is 1.41 bits per heavy atom. The third-order valence-corrected chi connectivity index (χ3v) is 5.12. The third-order valence-electron chi connectivity index (χ3n) is 3.14. The number of piperidine rings is 1. The number of nitrogens with zero attached hydrogens (tertiary/aromatic N) is 2. The largest absolute Gasteiger partial charge is 0.282 e. The third kappa shape index (κ3) is 3.70. The first-order valence-corrected chi connectivity index (χ1v) is 7.60. The summed E-state index contributed by atoms with van der Waals surface area (Å²) in [5, 5.41) is 0. The van der Waals surface area contributed by atoms with Crippen LogP contribution in [0.3, 0.4) is 0 Å². The van der Waals surface area contributed by atoms with E-state index in [0.29, 0.717) is 25.6 Å². The van der Waals surface area contributed by atoms with E-state index >= 15 is 0 Å². The molecule has 0 aromatic heterocycles. The highest BCUT2D eigenvalue weighted by atomic mass is 32.2. The smallest absolute Gasteiger partial charge is 0.195 e. The van der Waals surface area contributed by atoms with E-state index in [2.05, 4.69) is 12.8 Å². The van der Waals surface area contributed by atoms with Crippen molar-refractivity contribution in [2.24, 2.45) is 5.92 Å². The first kappa shape index (κ1) is 14.5. The molecule has 1 rings (SSSR count). The van der Waals surface area contributed by atoms with Crippen molar-refractivity contribution in [3.05, 3.63) is 0 Å². The summed E-state index contributed by atoms with van der Waals surface area (Å²) in [5.41, 5.74) is 0. The molecule has 0 atom stereocenters. The monoisotopic (exact) mass is 258 g/mol. The molecule has 0 aromatic carbocycles. The van der Waals surface area contributed by atoms with Crippen LogP contribution in [0.1, 0.15) is 33.1 Å². The van der Waals surface area contributed by atoms with Crippen molar-refractivity contribution < 1.29 is 8.42 Å². The van der Waals surface area contributed by atoms with E-state index in [1.54, 1.807) is 4.31 Å². The fourth-order valence-corrected chi connectivity index (χ4v) is 3.66. The van der Waals surface area contributed by atoms with Gasteiger partial charge in [0.1, 0.15) is 0 Å². The summed E-state index contributed by atoms with van der Waals surface area (Å²) in [5.74, 6) is 3.05. The molecule has 1 heterocycles. The zero-order chi connectivity index (χ0) is 12.9. The Labute approximate surface area is 105 Å². The maximum absolute atomic E-state index is 12.3. The fourth-order valence-electron chi connectivity index (χ4n) is 2.01. The summed E-state index contributed by atoms with van der Waals surface area (Å²) in [6, 6.07) is 0. The van der Waals surface area contributed by atoms with E-state index in [1.165, 1.54) is 4.31 Å². The second kappa shape index (κ2) is 6.39. The van der Waals surface area contributed by atoms with Crippen LogP contribution in [0.5, 0.6) is 0 Å². The van der Waals surface area contributed by atoms with Crippen LogP contribution in [-0.4, -0.2) is 43.2 Å². The molecular formula is C12H22N2O2S. The normalized spacial score (nSPS) is 19.4. The van der Waals surface area contributed by atoms with E-state index in [0.717, 1.165) is 19.3 Å². The Kier molecular flexibility index (Phi) is 5.44. The predicted molar refractivity (Wildman–Crippen MR) is 69.6 cm³/mol. The molecule has 1 aliphatic heterocycles. The number of hydrogen-bond acceptors (Lipinski definition) is 2. The molecule has 0 aliphatic carbocycles. The Hall–Kier alpha value is -0.570. The number of terminal acetylenes is 1.